The number of alkyl halides is 2. The number of carbonyl (C=O) groups excluding carboxylic acids is 4. The fraction of sp³-hybridized carbons (Fsp3) is 0.357. The minimum absolute atomic E-state index is 0.122. The number of amides is 4. The number of fused-ring (bicyclic) bond motifs is 4. The fourth-order valence-electron chi connectivity index (χ4n) is 7.04. The summed E-state index contributed by atoms with van der Waals surface area (Å²) in [5.41, 5.74) is 0.623. The van der Waals surface area contributed by atoms with E-state index in [0.29, 0.717) is 5.57 Å². The van der Waals surface area contributed by atoms with E-state index < -0.39 is 62.0 Å². The zero-order valence-electron chi connectivity index (χ0n) is 21.7. The molecule has 4 amide bonds. The molecule has 0 radical (unpaired) electrons. The number of anilines is 1. The number of benzene rings is 2. The van der Waals surface area contributed by atoms with Crippen LogP contribution in [0.1, 0.15) is 24.3 Å². The minimum atomic E-state index is -2.06. The number of rotatable bonds is 4. The molecule has 0 bridgehead atoms. The second-order valence-corrected chi connectivity index (χ2v) is 11.9. The lowest BCUT2D eigenvalue weighted by molar-refractivity contribution is -0.384. The maximum atomic E-state index is 14.0. The minimum Gasteiger partial charge on any atom is -0.508 e. The number of allylic oxidation sites excluding steroid dienone is 2. The third-order valence-electron chi connectivity index (χ3n) is 8.88. The maximum Gasteiger partial charge on any atom is 0.269 e. The summed E-state index contributed by atoms with van der Waals surface area (Å²) in [6, 6.07) is 9.59. The molecule has 6 rings (SSSR count). The number of methoxy groups -OCH3 is 1. The number of hydrogen-bond donors (Lipinski definition) is 1. The molecule has 2 aliphatic carbocycles. The van der Waals surface area contributed by atoms with Crippen molar-refractivity contribution in [3.8, 4) is 11.5 Å². The topological polar surface area (TPSA) is 147 Å². The summed E-state index contributed by atoms with van der Waals surface area (Å²) in [6.45, 7) is 0. The van der Waals surface area contributed by atoms with Gasteiger partial charge in [-0.3, -0.25) is 39.1 Å². The average molecular weight is 600 g/mol. The van der Waals surface area contributed by atoms with Crippen LogP contribution in [0.5, 0.6) is 11.5 Å². The van der Waals surface area contributed by atoms with Gasteiger partial charge in [-0.1, -0.05) is 17.7 Å². The van der Waals surface area contributed by atoms with E-state index in [9.17, 15) is 34.4 Å². The summed E-state index contributed by atoms with van der Waals surface area (Å²) < 4.78 is 5.52. The number of aromatic hydroxyl groups is 1. The number of ether oxygens (including phenoxy) is 1. The van der Waals surface area contributed by atoms with Crippen molar-refractivity contribution in [3.05, 3.63) is 69.8 Å². The van der Waals surface area contributed by atoms with E-state index in [1.165, 1.54) is 44.5 Å². The Morgan fingerprint density at radius 2 is 1.71 bits per heavy atom. The maximum absolute atomic E-state index is 14.0. The molecule has 2 saturated heterocycles. The van der Waals surface area contributed by atoms with E-state index in [1.54, 1.807) is 18.2 Å². The number of phenols is 1. The first-order chi connectivity index (χ1) is 19.4. The molecule has 1 N–H and O–H groups in total. The van der Waals surface area contributed by atoms with Gasteiger partial charge in [-0.05, 0) is 43.0 Å². The van der Waals surface area contributed by atoms with Crippen LogP contribution in [-0.4, -0.2) is 62.5 Å². The highest BCUT2D eigenvalue weighted by atomic mass is 35.5. The number of hydrogen-bond acceptors (Lipinski definition) is 8. The van der Waals surface area contributed by atoms with Crippen LogP contribution < -0.4 is 9.64 Å². The lowest BCUT2D eigenvalue weighted by Gasteiger charge is -2.50. The number of carbonyl (C=O) groups is 4. The molecule has 11 nitrogen and oxygen atoms in total. The first kappa shape index (κ1) is 27.2. The van der Waals surface area contributed by atoms with E-state index in [-0.39, 0.29) is 41.3 Å². The van der Waals surface area contributed by atoms with Gasteiger partial charge in [0.05, 0.1) is 29.6 Å². The van der Waals surface area contributed by atoms with Gasteiger partial charge in [-0.25, -0.2) is 0 Å². The number of nitrogens with zero attached hydrogens (tertiary/aromatic N) is 3. The average Bonchev–Trinajstić information content (AvgIpc) is 3.28. The largest absolute Gasteiger partial charge is 0.508 e. The van der Waals surface area contributed by atoms with E-state index in [1.807, 2.05) is 0 Å². The van der Waals surface area contributed by atoms with E-state index in [0.717, 1.165) is 9.80 Å². The molecule has 2 aliphatic heterocycles. The second kappa shape index (κ2) is 9.02. The first-order valence-corrected chi connectivity index (χ1v) is 13.5. The van der Waals surface area contributed by atoms with Crippen LogP contribution in [-0.2, 0) is 19.2 Å². The normalized spacial score (nSPS) is 32.4. The molecule has 0 aromatic heterocycles. The van der Waals surface area contributed by atoms with Crippen molar-refractivity contribution < 1.29 is 33.9 Å². The molecule has 2 heterocycles. The third kappa shape index (κ3) is 3.39. The highest BCUT2D eigenvalue weighted by Gasteiger charge is 2.76. The standard InChI is InChI=1S/C28H23Cl2N3O8/c1-31-25(37)27(29)12-17-15(22(28(27,30)26(31)38)21-18(34)4-3-5-19(21)41-2)10-11-16-20(17)24(36)32(23(16)35)13-6-8-14(9-7-13)33(39)40/h3-10,16-17,20,22,34H,11-12H2,1-2H3. The molecule has 3 fully saturated rings. The van der Waals surface area contributed by atoms with Crippen molar-refractivity contribution in [2.45, 2.75) is 28.5 Å². The van der Waals surface area contributed by atoms with Gasteiger partial charge < -0.3 is 9.84 Å². The molecule has 212 valence electrons. The van der Waals surface area contributed by atoms with Crippen LogP contribution in [0.25, 0.3) is 0 Å². The molecule has 2 aromatic carbocycles. The number of nitro groups is 1. The Morgan fingerprint density at radius 3 is 2.34 bits per heavy atom. The van der Waals surface area contributed by atoms with E-state index in [4.69, 9.17) is 27.9 Å². The van der Waals surface area contributed by atoms with Crippen molar-refractivity contribution in [2.75, 3.05) is 19.1 Å². The van der Waals surface area contributed by atoms with Gasteiger partial charge in [0.2, 0.25) is 11.8 Å². The molecule has 6 atom stereocenters. The van der Waals surface area contributed by atoms with Gasteiger partial charge in [0.25, 0.3) is 17.5 Å². The highest BCUT2D eigenvalue weighted by Crippen LogP contribution is 2.66. The summed E-state index contributed by atoms with van der Waals surface area (Å²) in [6.07, 6.45) is 1.65. The number of imide groups is 2. The Balaban J connectivity index is 1.51. The molecule has 1 saturated carbocycles. The Morgan fingerprint density at radius 1 is 1.02 bits per heavy atom. The number of phenolic OH excluding ortho intramolecular Hbond substituents is 1. The number of non-ortho nitro benzene ring substituents is 1. The fourth-order valence-corrected chi connectivity index (χ4v) is 8.04. The Hall–Kier alpha value is -3.96. The van der Waals surface area contributed by atoms with Crippen LogP contribution in [0, 0.1) is 27.9 Å². The predicted octanol–water partition coefficient (Wildman–Crippen LogP) is 3.50. The molecule has 41 heavy (non-hydrogen) atoms. The van der Waals surface area contributed by atoms with E-state index in [2.05, 4.69) is 0 Å². The molecule has 4 aliphatic rings. The molecule has 6 unspecified atom stereocenters. The van der Waals surface area contributed by atoms with E-state index >= 15 is 0 Å². The summed E-state index contributed by atoms with van der Waals surface area (Å²) in [5.74, 6) is -6.31. The van der Waals surface area contributed by atoms with Gasteiger partial charge in [0.1, 0.15) is 11.5 Å². The summed E-state index contributed by atoms with van der Waals surface area (Å²) in [7, 11) is 2.66. The quantitative estimate of drug-likeness (QED) is 0.184. The number of halogens is 2. The van der Waals surface area contributed by atoms with Gasteiger partial charge in [0, 0.05) is 30.7 Å². The first-order valence-electron chi connectivity index (χ1n) is 12.8. The molecule has 13 heteroatoms. The highest BCUT2D eigenvalue weighted by molar-refractivity contribution is 6.53. The third-order valence-corrected chi connectivity index (χ3v) is 10.3. The zero-order chi connectivity index (χ0) is 29.6. The predicted molar refractivity (Wildman–Crippen MR) is 146 cm³/mol. The van der Waals surface area contributed by atoms with Crippen LogP contribution in [0.15, 0.2) is 54.1 Å². The van der Waals surface area contributed by atoms with Gasteiger partial charge in [-0.15, -0.1) is 23.2 Å². The Kier molecular flexibility index (Phi) is 5.99. The summed E-state index contributed by atoms with van der Waals surface area (Å²) >= 11 is 14.3. The zero-order valence-corrected chi connectivity index (χ0v) is 23.3. The Bertz CT molecular complexity index is 1590. The Labute approximate surface area is 243 Å². The number of likely N-dealkylation sites (tertiary alicyclic amines) is 1. The number of nitro benzene ring substituents is 1. The van der Waals surface area contributed by atoms with Crippen LogP contribution in [0.2, 0.25) is 0 Å². The molecule has 0 spiro atoms. The summed E-state index contributed by atoms with van der Waals surface area (Å²) in [4.78, 5) is 63.1. The lowest BCUT2D eigenvalue weighted by atomic mass is 9.56. The molecule has 2 aromatic rings. The lowest BCUT2D eigenvalue weighted by Crippen LogP contribution is -2.60. The smallest absolute Gasteiger partial charge is 0.269 e. The van der Waals surface area contributed by atoms with Gasteiger partial charge >= 0.3 is 0 Å². The van der Waals surface area contributed by atoms with Crippen molar-refractivity contribution >= 4 is 58.2 Å². The summed E-state index contributed by atoms with van der Waals surface area (Å²) in [5, 5.41) is 22.1. The van der Waals surface area contributed by atoms with Crippen LogP contribution in [0.3, 0.4) is 0 Å². The van der Waals surface area contributed by atoms with Crippen molar-refractivity contribution in [1.82, 2.24) is 4.90 Å². The van der Waals surface area contributed by atoms with Crippen LogP contribution in [0.4, 0.5) is 11.4 Å². The SMILES string of the molecule is COc1cccc(O)c1C1C2=CCC3C(=O)N(c4ccc([N+](=O)[O-])cc4)C(=O)C3C2CC2(Cl)C(=O)N(C)C(=O)C12Cl. The molecular weight excluding hydrogens is 577 g/mol. The molecular formula is C28H23Cl2N3O8. The van der Waals surface area contributed by atoms with Crippen molar-refractivity contribution in [3.63, 3.8) is 0 Å². The monoisotopic (exact) mass is 599 g/mol. The van der Waals surface area contributed by atoms with Crippen molar-refractivity contribution in [1.29, 1.82) is 0 Å². The van der Waals surface area contributed by atoms with Crippen molar-refractivity contribution in [2.24, 2.45) is 17.8 Å². The van der Waals surface area contributed by atoms with Crippen LogP contribution >= 0.6 is 23.2 Å². The van der Waals surface area contributed by atoms with Gasteiger partial charge in [-0.2, -0.15) is 0 Å². The second-order valence-electron chi connectivity index (χ2n) is 10.7. The van der Waals surface area contributed by atoms with Gasteiger partial charge in [0.15, 0.2) is 9.75 Å².